The third kappa shape index (κ3) is 4.35. The minimum Gasteiger partial charge on any atom is -0.449 e. The lowest BCUT2D eigenvalue weighted by Gasteiger charge is -2.38. The highest BCUT2D eigenvalue weighted by molar-refractivity contribution is 5.67. The van der Waals surface area contributed by atoms with E-state index in [1.165, 1.54) is 12.8 Å². The van der Waals surface area contributed by atoms with Gasteiger partial charge in [-0.3, -0.25) is 0 Å². The van der Waals surface area contributed by atoms with Crippen LogP contribution in [0.25, 0.3) is 0 Å². The van der Waals surface area contributed by atoms with Gasteiger partial charge in [-0.25, -0.2) is 4.79 Å². The molecule has 2 N–H and O–H groups in total. The number of β-amino-alcohol motifs (C(OH)–C–C–N with tert-alkyl or cyclic N) is 1. The van der Waals surface area contributed by atoms with Crippen molar-refractivity contribution in [2.45, 2.75) is 57.6 Å². The summed E-state index contributed by atoms with van der Waals surface area (Å²) in [5.74, 6) is 0.351. The van der Waals surface area contributed by atoms with Crippen LogP contribution in [0.1, 0.15) is 46.5 Å². The van der Waals surface area contributed by atoms with E-state index in [-0.39, 0.29) is 11.6 Å². The first-order valence-electron chi connectivity index (χ1n) is 7.71. The highest BCUT2D eigenvalue weighted by atomic mass is 16.6. The minimum atomic E-state index is -0.680. The zero-order valence-corrected chi connectivity index (χ0v) is 12.9. The van der Waals surface area contributed by atoms with Crippen LogP contribution in [0.4, 0.5) is 4.79 Å². The average molecular weight is 284 g/mol. The maximum atomic E-state index is 11.8. The van der Waals surface area contributed by atoms with Gasteiger partial charge in [0.05, 0.1) is 12.2 Å². The van der Waals surface area contributed by atoms with Crippen molar-refractivity contribution >= 4 is 6.09 Å². The van der Waals surface area contributed by atoms with Crippen molar-refractivity contribution in [1.29, 1.82) is 0 Å². The number of likely N-dealkylation sites (tertiary alicyclic amines) is 1. The van der Waals surface area contributed by atoms with E-state index >= 15 is 0 Å². The Bertz CT molecular complexity index is 345. The molecule has 0 aromatic carbocycles. The Morgan fingerprint density at radius 1 is 1.30 bits per heavy atom. The molecule has 0 bridgehead atoms. The Kier molecular flexibility index (Phi) is 4.59. The molecular formula is C15H28N2O3. The van der Waals surface area contributed by atoms with E-state index in [0.717, 1.165) is 0 Å². The Hall–Kier alpha value is -0.810. The van der Waals surface area contributed by atoms with E-state index in [0.29, 0.717) is 45.0 Å². The molecular weight excluding hydrogens is 256 g/mol. The molecule has 0 spiro atoms. The molecule has 1 amide bonds. The minimum absolute atomic E-state index is 0.239. The lowest BCUT2D eigenvalue weighted by Crippen LogP contribution is -2.52. The molecule has 0 aromatic heterocycles. The van der Waals surface area contributed by atoms with E-state index < -0.39 is 5.60 Å². The zero-order chi connectivity index (χ0) is 14.8. The van der Waals surface area contributed by atoms with Gasteiger partial charge in [0.25, 0.3) is 0 Å². The molecule has 5 heteroatoms. The molecule has 2 fully saturated rings. The number of aliphatic hydroxyl groups is 1. The number of carbonyl (C=O) groups excluding carboxylic acids is 1. The number of ether oxygens (including phenoxy) is 1. The molecule has 1 heterocycles. The van der Waals surface area contributed by atoms with Crippen LogP contribution in [0, 0.1) is 5.92 Å². The lowest BCUT2D eigenvalue weighted by atomic mass is 9.91. The second-order valence-corrected chi connectivity index (χ2v) is 7.10. The molecule has 0 aromatic rings. The standard InChI is InChI=1S/C15H28N2O3/c1-12(2)10-20-13(18)17-8-6-15(19,7-9-17)11-16-14(3)4-5-14/h12,16,19H,4-11H2,1-3H3. The molecule has 20 heavy (non-hydrogen) atoms. The number of nitrogens with one attached hydrogen (secondary N) is 1. The van der Waals surface area contributed by atoms with Crippen molar-refractivity contribution < 1.29 is 14.6 Å². The first kappa shape index (κ1) is 15.6. The quantitative estimate of drug-likeness (QED) is 0.807. The van der Waals surface area contributed by atoms with E-state index in [4.69, 9.17) is 4.74 Å². The second-order valence-electron chi connectivity index (χ2n) is 7.10. The summed E-state index contributed by atoms with van der Waals surface area (Å²) < 4.78 is 5.23. The summed E-state index contributed by atoms with van der Waals surface area (Å²) in [6.07, 6.45) is 3.37. The molecule has 116 valence electrons. The van der Waals surface area contributed by atoms with E-state index in [2.05, 4.69) is 12.2 Å². The van der Waals surface area contributed by atoms with Crippen LogP contribution in [0.15, 0.2) is 0 Å². The van der Waals surface area contributed by atoms with Gasteiger partial charge in [-0.05, 0) is 38.5 Å². The van der Waals surface area contributed by atoms with Crippen molar-refractivity contribution in [2.75, 3.05) is 26.2 Å². The molecule has 1 aliphatic carbocycles. The summed E-state index contributed by atoms with van der Waals surface area (Å²) in [6.45, 7) is 8.46. The van der Waals surface area contributed by atoms with Gasteiger partial charge in [-0.2, -0.15) is 0 Å². The Balaban J connectivity index is 1.72. The maximum absolute atomic E-state index is 11.8. The maximum Gasteiger partial charge on any atom is 0.409 e. The van der Waals surface area contributed by atoms with E-state index in [1.807, 2.05) is 13.8 Å². The molecule has 1 saturated heterocycles. The van der Waals surface area contributed by atoms with Crippen LogP contribution >= 0.6 is 0 Å². The SMILES string of the molecule is CC(C)COC(=O)N1CCC(O)(CNC2(C)CC2)CC1. The number of hydrogen-bond donors (Lipinski definition) is 2. The van der Waals surface area contributed by atoms with Gasteiger partial charge < -0.3 is 20.1 Å². The van der Waals surface area contributed by atoms with Crippen LogP contribution in [-0.2, 0) is 4.74 Å². The lowest BCUT2D eigenvalue weighted by molar-refractivity contribution is -0.0220. The van der Waals surface area contributed by atoms with Crippen LogP contribution in [0.2, 0.25) is 0 Å². The van der Waals surface area contributed by atoms with Crippen molar-refractivity contribution in [3.63, 3.8) is 0 Å². The molecule has 2 rings (SSSR count). The number of piperidine rings is 1. The largest absolute Gasteiger partial charge is 0.449 e. The second kappa shape index (κ2) is 5.90. The normalized spacial score (nSPS) is 23.8. The number of hydrogen-bond acceptors (Lipinski definition) is 4. The third-order valence-corrected chi connectivity index (χ3v) is 4.34. The van der Waals surface area contributed by atoms with Gasteiger partial charge in [0.2, 0.25) is 0 Å². The van der Waals surface area contributed by atoms with Gasteiger partial charge in [0.15, 0.2) is 0 Å². The zero-order valence-electron chi connectivity index (χ0n) is 12.9. The molecule has 1 aliphatic heterocycles. The number of nitrogens with zero attached hydrogens (tertiary/aromatic N) is 1. The molecule has 0 radical (unpaired) electrons. The van der Waals surface area contributed by atoms with Crippen molar-refractivity contribution in [3.8, 4) is 0 Å². The monoisotopic (exact) mass is 284 g/mol. The first-order chi connectivity index (χ1) is 9.32. The summed E-state index contributed by atoms with van der Waals surface area (Å²) in [6, 6.07) is 0. The Morgan fingerprint density at radius 2 is 1.90 bits per heavy atom. The molecule has 2 aliphatic rings. The highest BCUT2D eigenvalue weighted by Gasteiger charge is 2.41. The topological polar surface area (TPSA) is 61.8 Å². The first-order valence-corrected chi connectivity index (χ1v) is 7.71. The van der Waals surface area contributed by atoms with Crippen LogP contribution in [0.5, 0.6) is 0 Å². The van der Waals surface area contributed by atoms with Crippen molar-refractivity contribution in [2.24, 2.45) is 5.92 Å². The molecule has 0 unspecified atom stereocenters. The number of carbonyl (C=O) groups is 1. The Labute approximate surface area is 121 Å². The average Bonchev–Trinajstić information content (AvgIpc) is 3.13. The van der Waals surface area contributed by atoms with Crippen LogP contribution < -0.4 is 5.32 Å². The summed E-state index contributed by atoms with van der Waals surface area (Å²) in [5, 5.41) is 14.0. The van der Waals surface area contributed by atoms with Gasteiger partial charge in [-0.15, -0.1) is 0 Å². The number of amides is 1. The molecule has 5 nitrogen and oxygen atoms in total. The van der Waals surface area contributed by atoms with Gasteiger partial charge >= 0.3 is 6.09 Å². The predicted octanol–water partition coefficient (Wildman–Crippen LogP) is 1.75. The summed E-state index contributed by atoms with van der Waals surface area (Å²) in [4.78, 5) is 13.6. The summed E-state index contributed by atoms with van der Waals surface area (Å²) >= 11 is 0. The summed E-state index contributed by atoms with van der Waals surface area (Å²) in [5.41, 5.74) is -0.441. The van der Waals surface area contributed by atoms with E-state index in [1.54, 1.807) is 4.90 Å². The number of rotatable bonds is 5. The van der Waals surface area contributed by atoms with Crippen LogP contribution in [-0.4, -0.2) is 53.5 Å². The van der Waals surface area contributed by atoms with Crippen molar-refractivity contribution in [3.05, 3.63) is 0 Å². The summed E-state index contributed by atoms with van der Waals surface area (Å²) in [7, 11) is 0. The third-order valence-electron chi connectivity index (χ3n) is 4.34. The van der Waals surface area contributed by atoms with Crippen LogP contribution in [0.3, 0.4) is 0 Å². The fourth-order valence-corrected chi connectivity index (χ4v) is 2.35. The van der Waals surface area contributed by atoms with Gasteiger partial charge in [0.1, 0.15) is 0 Å². The van der Waals surface area contributed by atoms with Crippen molar-refractivity contribution in [1.82, 2.24) is 10.2 Å². The van der Waals surface area contributed by atoms with E-state index in [9.17, 15) is 9.90 Å². The fourth-order valence-electron chi connectivity index (χ4n) is 2.35. The smallest absolute Gasteiger partial charge is 0.409 e. The fraction of sp³-hybridized carbons (Fsp3) is 0.933. The molecule has 1 saturated carbocycles. The predicted molar refractivity (Wildman–Crippen MR) is 77.6 cm³/mol. The molecule has 0 atom stereocenters. The highest BCUT2D eigenvalue weighted by Crippen LogP contribution is 2.35. The van der Waals surface area contributed by atoms with Gasteiger partial charge in [0, 0.05) is 25.2 Å². The Morgan fingerprint density at radius 3 is 2.40 bits per heavy atom. The van der Waals surface area contributed by atoms with Gasteiger partial charge in [-0.1, -0.05) is 13.8 Å².